The molecular weight excluding hydrogens is 529 g/mol. The van der Waals surface area contributed by atoms with Crippen LogP contribution in [0.5, 0.6) is 0 Å². The van der Waals surface area contributed by atoms with E-state index >= 15 is 0 Å². The van der Waals surface area contributed by atoms with Gasteiger partial charge in [0, 0.05) is 25.2 Å². The lowest BCUT2D eigenvalue weighted by atomic mass is 10.0. The molecule has 1 heterocycles. The van der Waals surface area contributed by atoms with Crippen molar-refractivity contribution in [3.8, 4) is 0 Å². The molecule has 3 rings (SSSR count). The van der Waals surface area contributed by atoms with E-state index in [1.165, 1.54) is 11.1 Å². The van der Waals surface area contributed by atoms with Crippen LogP contribution in [-0.4, -0.2) is 48.9 Å². The Bertz CT molecular complexity index is 964. The summed E-state index contributed by atoms with van der Waals surface area (Å²) in [6.45, 7) is 5.09. The maximum absolute atomic E-state index is 12.0. The van der Waals surface area contributed by atoms with E-state index in [4.69, 9.17) is 10.7 Å². The minimum atomic E-state index is -0.569. The van der Waals surface area contributed by atoms with E-state index in [1.807, 2.05) is 18.2 Å². The Morgan fingerprint density at radius 2 is 1.70 bits per heavy atom. The van der Waals surface area contributed by atoms with Gasteiger partial charge in [-0.2, -0.15) is 0 Å². The van der Waals surface area contributed by atoms with Gasteiger partial charge in [-0.05, 0) is 43.0 Å². The van der Waals surface area contributed by atoms with Gasteiger partial charge < -0.3 is 21.3 Å². The zero-order valence-electron chi connectivity index (χ0n) is 18.9. The average molecular weight is 561 g/mol. The molecule has 1 aliphatic rings. The van der Waals surface area contributed by atoms with Gasteiger partial charge in [-0.15, -0.1) is 24.0 Å². The number of primary amides is 1. The predicted molar refractivity (Wildman–Crippen MR) is 143 cm³/mol. The lowest BCUT2D eigenvalue weighted by Crippen LogP contribution is -2.44. The normalized spacial score (nSPS) is 13.7. The highest BCUT2D eigenvalue weighted by atomic mass is 127. The van der Waals surface area contributed by atoms with Crippen molar-refractivity contribution in [3.05, 3.63) is 76.9 Å². The van der Waals surface area contributed by atoms with E-state index in [-0.39, 0.29) is 36.4 Å². The topological polar surface area (TPSA) is 99.8 Å². The summed E-state index contributed by atoms with van der Waals surface area (Å²) in [6, 6.07) is 17.7. The highest BCUT2D eigenvalue weighted by molar-refractivity contribution is 14.0. The van der Waals surface area contributed by atoms with Gasteiger partial charge >= 0.3 is 0 Å². The summed E-state index contributed by atoms with van der Waals surface area (Å²) in [5, 5.41) is 5.88. The van der Waals surface area contributed by atoms with Crippen LogP contribution in [0.2, 0.25) is 0 Å². The number of halogens is 1. The molecule has 0 spiro atoms. The number of guanidine groups is 1. The summed E-state index contributed by atoms with van der Waals surface area (Å²) >= 11 is 0. The second kappa shape index (κ2) is 13.6. The lowest BCUT2D eigenvalue weighted by Gasteiger charge is -2.31. The largest absolute Gasteiger partial charge is 0.368 e. The van der Waals surface area contributed by atoms with Crippen LogP contribution in [0.3, 0.4) is 0 Å². The maximum Gasteiger partial charge on any atom is 0.251 e. The number of likely N-dealkylation sites (tertiary alicyclic amines) is 1. The summed E-state index contributed by atoms with van der Waals surface area (Å²) in [5.41, 5.74) is 9.27. The second-order valence-electron chi connectivity index (χ2n) is 7.72. The van der Waals surface area contributed by atoms with Crippen molar-refractivity contribution >= 4 is 47.8 Å². The second-order valence-corrected chi connectivity index (χ2v) is 7.72. The van der Waals surface area contributed by atoms with E-state index in [0.29, 0.717) is 12.1 Å². The van der Waals surface area contributed by atoms with Gasteiger partial charge in [0.05, 0.1) is 13.1 Å². The van der Waals surface area contributed by atoms with Crippen LogP contribution in [0.25, 0.3) is 6.08 Å². The molecule has 0 radical (unpaired) electrons. The van der Waals surface area contributed by atoms with Crippen molar-refractivity contribution in [2.24, 2.45) is 10.7 Å². The van der Waals surface area contributed by atoms with Gasteiger partial charge in [-0.25, -0.2) is 4.99 Å². The summed E-state index contributed by atoms with van der Waals surface area (Å²) < 4.78 is 0. The summed E-state index contributed by atoms with van der Waals surface area (Å²) in [6.07, 6.45) is 4.34. The number of aliphatic imine (C=N–C) groups is 1. The molecule has 0 bridgehead atoms. The van der Waals surface area contributed by atoms with Crippen LogP contribution >= 0.6 is 24.0 Å². The molecule has 2 aromatic rings. The molecule has 2 amide bonds. The van der Waals surface area contributed by atoms with Crippen molar-refractivity contribution in [2.75, 3.05) is 26.2 Å². The third kappa shape index (κ3) is 8.53. The Balaban J connectivity index is 0.00000385. The third-order valence-corrected chi connectivity index (χ3v) is 5.26. The standard InChI is InChI=1S/C25H31N5O2.HI/c1-2-27-25(30-14-12-20(13-15-30)16-19-6-4-3-5-7-19)29-17-21-8-10-22(11-9-21)24(32)28-18-23(26)31;/h3-11,16H,2,12-15,17-18H2,1H3,(H2,26,31)(H,27,29)(H,28,32);1H. The molecule has 0 unspecified atom stereocenters. The first-order valence-corrected chi connectivity index (χ1v) is 11.0. The summed E-state index contributed by atoms with van der Waals surface area (Å²) in [5.74, 6) is 0.0232. The van der Waals surface area contributed by atoms with Gasteiger partial charge in [0.2, 0.25) is 5.91 Å². The minimum absolute atomic E-state index is 0. The molecule has 176 valence electrons. The number of carbonyl (C=O) groups excluding carboxylic acids is 2. The quantitative estimate of drug-likeness (QED) is 0.275. The number of hydrogen-bond acceptors (Lipinski definition) is 3. The van der Waals surface area contributed by atoms with E-state index in [2.05, 4.69) is 52.8 Å². The molecule has 1 saturated heterocycles. The first kappa shape index (κ1) is 26.4. The molecule has 33 heavy (non-hydrogen) atoms. The van der Waals surface area contributed by atoms with Crippen molar-refractivity contribution in [3.63, 3.8) is 0 Å². The number of nitrogens with two attached hydrogens (primary N) is 1. The lowest BCUT2D eigenvalue weighted by molar-refractivity contribution is -0.117. The Morgan fingerprint density at radius 3 is 2.30 bits per heavy atom. The van der Waals surface area contributed by atoms with E-state index in [1.54, 1.807) is 12.1 Å². The third-order valence-electron chi connectivity index (χ3n) is 5.26. The van der Waals surface area contributed by atoms with Crippen molar-refractivity contribution in [2.45, 2.75) is 26.3 Å². The number of amides is 2. The highest BCUT2D eigenvalue weighted by Gasteiger charge is 2.17. The summed E-state index contributed by atoms with van der Waals surface area (Å²) in [7, 11) is 0. The molecule has 7 nitrogen and oxygen atoms in total. The van der Waals surface area contributed by atoms with Crippen molar-refractivity contribution < 1.29 is 9.59 Å². The van der Waals surface area contributed by atoms with E-state index in [9.17, 15) is 9.59 Å². The molecule has 1 aliphatic heterocycles. The molecular formula is C25H32IN5O2. The van der Waals surface area contributed by atoms with Crippen LogP contribution in [-0.2, 0) is 11.3 Å². The first-order valence-electron chi connectivity index (χ1n) is 11.0. The van der Waals surface area contributed by atoms with Crippen LogP contribution in [0.15, 0.2) is 65.2 Å². The smallest absolute Gasteiger partial charge is 0.251 e. The molecule has 8 heteroatoms. The van der Waals surface area contributed by atoms with Gasteiger partial charge in [-0.1, -0.05) is 54.1 Å². The van der Waals surface area contributed by atoms with Crippen molar-refractivity contribution in [1.29, 1.82) is 0 Å². The molecule has 2 aromatic carbocycles. The number of hydrogen-bond donors (Lipinski definition) is 3. The Morgan fingerprint density at radius 1 is 1.03 bits per heavy atom. The zero-order valence-corrected chi connectivity index (χ0v) is 21.3. The number of rotatable bonds is 7. The fraction of sp³-hybridized carbons (Fsp3) is 0.320. The fourth-order valence-corrected chi connectivity index (χ4v) is 3.56. The molecule has 0 aromatic heterocycles. The van der Waals surface area contributed by atoms with Gasteiger partial charge in [0.1, 0.15) is 0 Å². The van der Waals surface area contributed by atoms with Crippen LogP contribution < -0.4 is 16.4 Å². The van der Waals surface area contributed by atoms with E-state index < -0.39 is 5.91 Å². The van der Waals surface area contributed by atoms with Crippen LogP contribution in [0, 0.1) is 0 Å². The number of benzene rings is 2. The Kier molecular flexibility index (Phi) is 10.9. The molecule has 4 N–H and O–H groups in total. The van der Waals surface area contributed by atoms with E-state index in [0.717, 1.165) is 44.0 Å². The zero-order chi connectivity index (χ0) is 22.8. The highest BCUT2D eigenvalue weighted by Crippen LogP contribution is 2.19. The monoisotopic (exact) mass is 561 g/mol. The maximum atomic E-state index is 12.0. The molecule has 0 atom stereocenters. The number of carbonyl (C=O) groups is 2. The Hall–Kier alpha value is -2.88. The predicted octanol–water partition coefficient (Wildman–Crippen LogP) is 3.16. The minimum Gasteiger partial charge on any atom is -0.368 e. The van der Waals surface area contributed by atoms with Gasteiger partial charge in [0.25, 0.3) is 5.91 Å². The first-order chi connectivity index (χ1) is 15.5. The fourth-order valence-electron chi connectivity index (χ4n) is 3.56. The van der Waals surface area contributed by atoms with Crippen LogP contribution in [0.4, 0.5) is 0 Å². The molecule has 0 aliphatic carbocycles. The Labute approximate surface area is 212 Å². The van der Waals surface area contributed by atoms with Crippen molar-refractivity contribution in [1.82, 2.24) is 15.5 Å². The van der Waals surface area contributed by atoms with Gasteiger partial charge in [0.15, 0.2) is 5.96 Å². The van der Waals surface area contributed by atoms with Gasteiger partial charge in [-0.3, -0.25) is 9.59 Å². The molecule has 1 fully saturated rings. The number of nitrogens with zero attached hydrogens (tertiary/aromatic N) is 2. The average Bonchev–Trinajstić information content (AvgIpc) is 2.82. The SMILES string of the molecule is CCNC(=NCc1ccc(C(=O)NCC(N)=O)cc1)N1CCC(=Cc2ccccc2)CC1.I. The number of nitrogens with one attached hydrogen (secondary N) is 2. The molecule has 0 saturated carbocycles. The summed E-state index contributed by atoms with van der Waals surface area (Å²) in [4.78, 5) is 29.9. The van der Waals surface area contributed by atoms with Crippen LogP contribution in [0.1, 0.15) is 41.3 Å². The number of piperidine rings is 1.